The first kappa shape index (κ1) is 10.4. The Bertz CT molecular complexity index is 529. The lowest BCUT2D eigenvalue weighted by molar-refractivity contribution is 0.186. The fraction of sp³-hybridized carbons (Fsp3) is 0.300. The van der Waals surface area contributed by atoms with Crippen molar-refractivity contribution in [3.05, 3.63) is 33.2 Å². The molecule has 80 valence electrons. The van der Waals surface area contributed by atoms with Crippen LogP contribution in [-0.4, -0.2) is 18.3 Å². The van der Waals surface area contributed by atoms with E-state index >= 15 is 0 Å². The highest BCUT2D eigenvalue weighted by Gasteiger charge is 2.08. The van der Waals surface area contributed by atoms with Gasteiger partial charge in [-0.3, -0.25) is 4.57 Å². The monoisotopic (exact) mass is 271 g/mol. The maximum Gasteiger partial charge on any atom is 0.420 e. The maximum atomic E-state index is 11.5. The smallest absolute Gasteiger partial charge is 0.408 e. The molecule has 1 heterocycles. The van der Waals surface area contributed by atoms with Crippen LogP contribution in [0.15, 0.2) is 31.9 Å². The molecule has 15 heavy (non-hydrogen) atoms. The molecular weight excluding hydrogens is 262 g/mol. The average molecular weight is 272 g/mol. The van der Waals surface area contributed by atoms with E-state index in [4.69, 9.17) is 9.15 Å². The molecule has 0 spiro atoms. The van der Waals surface area contributed by atoms with Gasteiger partial charge in [-0.1, -0.05) is 15.9 Å². The molecule has 0 aliphatic heterocycles. The summed E-state index contributed by atoms with van der Waals surface area (Å²) in [5, 5.41) is 0. The van der Waals surface area contributed by atoms with E-state index < -0.39 is 0 Å². The van der Waals surface area contributed by atoms with Crippen molar-refractivity contribution < 1.29 is 9.15 Å². The van der Waals surface area contributed by atoms with E-state index in [0.717, 1.165) is 9.99 Å². The van der Waals surface area contributed by atoms with Crippen LogP contribution in [-0.2, 0) is 11.3 Å². The standard InChI is InChI=1S/C10H10BrNO3/c1-14-5-4-12-8-6-7(11)2-3-9(8)15-10(12)13/h2-3,6H,4-5H2,1H3. The highest BCUT2D eigenvalue weighted by Crippen LogP contribution is 2.18. The fourth-order valence-electron chi connectivity index (χ4n) is 1.43. The lowest BCUT2D eigenvalue weighted by Gasteiger charge is -2.00. The van der Waals surface area contributed by atoms with Gasteiger partial charge in [0.15, 0.2) is 5.58 Å². The van der Waals surface area contributed by atoms with Gasteiger partial charge in [-0.15, -0.1) is 0 Å². The summed E-state index contributed by atoms with van der Waals surface area (Å²) in [7, 11) is 1.60. The largest absolute Gasteiger partial charge is 0.420 e. The number of nitrogens with zero attached hydrogens (tertiary/aromatic N) is 1. The SMILES string of the molecule is COCCn1c(=O)oc2ccc(Br)cc21. The molecule has 0 aliphatic rings. The molecule has 0 N–H and O–H groups in total. The fourth-order valence-corrected chi connectivity index (χ4v) is 1.78. The summed E-state index contributed by atoms with van der Waals surface area (Å²) in [6.45, 7) is 0.986. The predicted octanol–water partition coefficient (Wildman–Crippen LogP) is 2.00. The van der Waals surface area contributed by atoms with Gasteiger partial charge in [-0.2, -0.15) is 0 Å². The number of methoxy groups -OCH3 is 1. The van der Waals surface area contributed by atoms with Gasteiger partial charge in [-0.25, -0.2) is 4.79 Å². The first-order valence-electron chi connectivity index (χ1n) is 4.50. The van der Waals surface area contributed by atoms with Gasteiger partial charge >= 0.3 is 5.76 Å². The van der Waals surface area contributed by atoms with E-state index in [2.05, 4.69) is 15.9 Å². The van der Waals surface area contributed by atoms with E-state index in [0.29, 0.717) is 18.7 Å². The van der Waals surface area contributed by atoms with Gasteiger partial charge in [0.2, 0.25) is 0 Å². The molecule has 4 nitrogen and oxygen atoms in total. The third-order valence-electron chi connectivity index (χ3n) is 2.15. The number of halogens is 1. The van der Waals surface area contributed by atoms with Crippen LogP contribution in [0.25, 0.3) is 11.1 Å². The van der Waals surface area contributed by atoms with Gasteiger partial charge in [0.1, 0.15) is 0 Å². The highest BCUT2D eigenvalue weighted by atomic mass is 79.9. The Kier molecular flexibility index (Phi) is 2.93. The Hall–Kier alpha value is -1.07. The molecule has 1 aromatic carbocycles. The van der Waals surface area contributed by atoms with Crippen molar-refractivity contribution in [3.63, 3.8) is 0 Å². The number of benzene rings is 1. The maximum absolute atomic E-state index is 11.5. The summed E-state index contributed by atoms with van der Waals surface area (Å²) in [6.07, 6.45) is 0. The van der Waals surface area contributed by atoms with Crippen molar-refractivity contribution in [1.82, 2.24) is 4.57 Å². The number of ether oxygens (including phenoxy) is 1. The molecule has 2 aromatic rings. The van der Waals surface area contributed by atoms with Crippen molar-refractivity contribution in [3.8, 4) is 0 Å². The lowest BCUT2D eigenvalue weighted by atomic mass is 10.3. The molecule has 0 saturated heterocycles. The van der Waals surface area contributed by atoms with Gasteiger partial charge in [-0.05, 0) is 18.2 Å². The van der Waals surface area contributed by atoms with Crippen LogP contribution >= 0.6 is 15.9 Å². The minimum atomic E-state index is -0.347. The van der Waals surface area contributed by atoms with Crippen LogP contribution in [0.3, 0.4) is 0 Å². The minimum absolute atomic E-state index is 0.347. The number of hydrogen-bond acceptors (Lipinski definition) is 3. The second-order valence-electron chi connectivity index (χ2n) is 3.12. The van der Waals surface area contributed by atoms with E-state index in [1.807, 2.05) is 12.1 Å². The van der Waals surface area contributed by atoms with Crippen molar-refractivity contribution in [2.24, 2.45) is 0 Å². The molecule has 0 bridgehead atoms. The zero-order chi connectivity index (χ0) is 10.8. The summed E-state index contributed by atoms with van der Waals surface area (Å²) >= 11 is 3.36. The zero-order valence-electron chi connectivity index (χ0n) is 8.20. The zero-order valence-corrected chi connectivity index (χ0v) is 9.78. The summed E-state index contributed by atoms with van der Waals surface area (Å²) in [5.74, 6) is -0.347. The molecule has 0 aliphatic carbocycles. The Morgan fingerprint density at radius 2 is 2.33 bits per heavy atom. The molecule has 0 saturated carbocycles. The van der Waals surface area contributed by atoms with Crippen molar-refractivity contribution in [2.45, 2.75) is 6.54 Å². The predicted molar refractivity (Wildman–Crippen MR) is 60.1 cm³/mol. The molecule has 0 amide bonds. The summed E-state index contributed by atoms with van der Waals surface area (Å²) in [4.78, 5) is 11.5. The van der Waals surface area contributed by atoms with Gasteiger partial charge in [0.25, 0.3) is 0 Å². The van der Waals surface area contributed by atoms with Crippen LogP contribution in [0.5, 0.6) is 0 Å². The quantitative estimate of drug-likeness (QED) is 0.858. The van der Waals surface area contributed by atoms with E-state index in [9.17, 15) is 4.79 Å². The Morgan fingerprint density at radius 1 is 1.53 bits per heavy atom. The Balaban J connectivity index is 2.55. The van der Waals surface area contributed by atoms with Crippen molar-refractivity contribution in [1.29, 1.82) is 0 Å². The number of oxazole rings is 1. The molecule has 2 rings (SSSR count). The van der Waals surface area contributed by atoms with Crippen molar-refractivity contribution in [2.75, 3.05) is 13.7 Å². The lowest BCUT2D eigenvalue weighted by Crippen LogP contribution is -2.16. The highest BCUT2D eigenvalue weighted by molar-refractivity contribution is 9.10. The average Bonchev–Trinajstić information content (AvgIpc) is 2.51. The topological polar surface area (TPSA) is 44.4 Å². The van der Waals surface area contributed by atoms with Crippen LogP contribution < -0.4 is 5.76 Å². The molecule has 0 fully saturated rings. The Labute approximate surface area is 94.6 Å². The van der Waals surface area contributed by atoms with E-state index in [1.54, 1.807) is 17.7 Å². The Morgan fingerprint density at radius 3 is 3.07 bits per heavy atom. The second kappa shape index (κ2) is 4.20. The minimum Gasteiger partial charge on any atom is -0.408 e. The second-order valence-corrected chi connectivity index (χ2v) is 4.04. The van der Waals surface area contributed by atoms with Crippen molar-refractivity contribution >= 4 is 27.0 Å². The first-order chi connectivity index (χ1) is 7.22. The first-order valence-corrected chi connectivity index (χ1v) is 5.29. The number of fused-ring (bicyclic) bond motifs is 1. The van der Waals surface area contributed by atoms with Crippen LogP contribution in [0.4, 0.5) is 0 Å². The van der Waals surface area contributed by atoms with Crippen LogP contribution in [0.1, 0.15) is 0 Å². The molecule has 5 heteroatoms. The van der Waals surface area contributed by atoms with Crippen LogP contribution in [0, 0.1) is 0 Å². The number of rotatable bonds is 3. The van der Waals surface area contributed by atoms with Crippen LogP contribution in [0.2, 0.25) is 0 Å². The normalized spacial score (nSPS) is 11.1. The summed E-state index contributed by atoms with van der Waals surface area (Å²) in [5.41, 5.74) is 1.38. The third kappa shape index (κ3) is 1.98. The molecular formula is C10H10BrNO3. The van der Waals surface area contributed by atoms with Gasteiger partial charge in [0.05, 0.1) is 18.7 Å². The van der Waals surface area contributed by atoms with E-state index in [-0.39, 0.29) is 5.76 Å². The molecule has 0 atom stereocenters. The summed E-state index contributed by atoms with van der Waals surface area (Å²) < 4.78 is 12.5. The van der Waals surface area contributed by atoms with E-state index in [1.165, 1.54) is 0 Å². The number of hydrogen-bond donors (Lipinski definition) is 0. The molecule has 0 unspecified atom stereocenters. The molecule has 1 aromatic heterocycles. The molecule has 0 radical (unpaired) electrons. The number of aromatic nitrogens is 1. The summed E-state index contributed by atoms with van der Waals surface area (Å²) in [6, 6.07) is 5.46. The van der Waals surface area contributed by atoms with Gasteiger partial charge < -0.3 is 9.15 Å². The van der Waals surface area contributed by atoms with Gasteiger partial charge in [0, 0.05) is 11.6 Å². The third-order valence-corrected chi connectivity index (χ3v) is 2.64.